The van der Waals surface area contributed by atoms with Crippen molar-refractivity contribution in [3.05, 3.63) is 88.4 Å². The molecule has 1 N–H and O–H groups in total. The number of anilines is 1. The predicted molar refractivity (Wildman–Crippen MR) is 149 cm³/mol. The molecule has 0 bridgehead atoms. The molecule has 6 nitrogen and oxygen atoms in total. The lowest BCUT2D eigenvalue weighted by Crippen LogP contribution is -2.14. The molecule has 1 amide bonds. The smallest absolute Gasteiger partial charge is 0.234 e. The molecule has 3 aromatic carbocycles. The summed E-state index contributed by atoms with van der Waals surface area (Å²) in [5.41, 5.74) is 3.88. The standard InChI is InChI=1S/C28H21Cl2N3O3S/c1-35-25-11-8-18(12-26(25)36-2)20-14-24(17-6-4-3-5-7-17)33-28(21(20)15-31)37-16-27(34)32-19-9-10-22(29)23(30)13-19/h3-14H,16H2,1-2H3,(H,32,34). The molecule has 9 heteroatoms. The Hall–Kier alpha value is -3.70. The minimum Gasteiger partial charge on any atom is -0.493 e. The van der Waals surface area contributed by atoms with Gasteiger partial charge in [-0.25, -0.2) is 4.98 Å². The number of halogens is 2. The summed E-state index contributed by atoms with van der Waals surface area (Å²) >= 11 is 13.2. The zero-order chi connectivity index (χ0) is 26.4. The molecule has 37 heavy (non-hydrogen) atoms. The largest absolute Gasteiger partial charge is 0.493 e. The fourth-order valence-corrected chi connectivity index (χ4v) is 4.73. The van der Waals surface area contributed by atoms with Crippen molar-refractivity contribution >= 4 is 46.6 Å². The SMILES string of the molecule is COc1ccc(-c2cc(-c3ccccc3)nc(SCC(=O)Nc3ccc(Cl)c(Cl)c3)c2C#N)cc1OC. The van der Waals surface area contributed by atoms with Crippen LogP contribution in [0.25, 0.3) is 22.4 Å². The molecular weight excluding hydrogens is 529 g/mol. The van der Waals surface area contributed by atoms with Gasteiger partial charge in [-0.1, -0.05) is 71.4 Å². The Morgan fingerprint density at radius 2 is 1.70 bits per heavy atom. The van der Waals surface area contributed by atoms with E-state index in [2.05, 4.69) is 11.4 Å². The number of aromatic nitrogens is 1. The molecule has 0 spiro atoms. The summed E-state index contributed by atoms with van der Waals surface area (Å²) in [6.45, 7) is 0. The second kappa shape index (κ2) is 12.0. The van der Waals surface area contributed by atoms with E-state index in [4.69, 9.17) is 37.7 Å². The topological polar surface area (TPSA) is 84.2 Å². The number of thioether (sulfide) groups is 1. The lowest BCUT2D eigenvalue weighted by atomic mass is 9.99. The number of nitriles is 1. The molecule has 0 fully saturated rings. The van der Waals surface area contributed by atoms with Gasteiger partial charge in [-0.15, -0.1) is 0 Å². The highest BCUT2D eigenvalue weighted by Gasteiger charge is 2.18. The van der Waals surface area contributed by atoms with Crippen LogP contribution in [-0.2, 0) is 4.79 Å². The first-order chi connectivity index (χ1) is 17.9. The van der Waals surface area contributed by atoms with Crippen LogP contribution in [-0.4, -0.2) is 30.9 Å². The number of hydrogen-bond donors (Lipinski definition) is 1. The van der Waals surface area contributed by atoms with Gasteiger partial charge in [-0.2, -0.15) is 5.26 Å². The molecule has 186 valence electrons. The summed E-state index contributed by atoms with van der Waals surface area (Å²) in [5.74, 6) is 0.880. The van der Waals surface area contributed by atoms with Crippen LogP contribution < -0.4 is 14.8 Å². The van der Waals surface area contributed by atoms with E-state index >= 15 is 0 Å². The molecular formula is C28H21Cl2N3O3S. The first-order valence-corrected chi connectivity index (χ1v) is 12.8. The van der Waals surface area contributed by atoms with E-state index in [-0.39, 0.29) is 11.7 Å². The number of nitrogens with zero attached hydrogens (tertiary/aromatic N) is 2. The Morgan fingerprint density at radius 3 is 2.38 bits per heavy atom. The van der Waals surface area contributed by atoms with Crippen molar-refractivity contribution in [2.75, 3.05) is 25.3 Å². The van der Waals surface area contributed by atoms with Gasteiger partial charge in [0.05, 0.1) is 41.3 Å². The fraction of sp³-hybridized carbons (Fsp3) is 0.107. The number of nitrogens with one attached hydrogen (secondary N) is 1. The summed E-state index contributed by atoms with van der Waals surface area (Å²) in [4.78, 5) is 17.4. The molecule has 0 aliphatic rings. The van der Waals surface area contributed by atoms with E-state index in [0.29, 0.717) is 49.1 Å². The van der Waals surface area contributed by atoms with Gasteiger partial charge in [0.15, 0.2) is 11.5 Å². The molecule has 0 saturated heterocycles. The van der Waals surface area contributed by atoms with E-state index in [9.17, 15) is 10.1 Å². The van der Waals surface area contributed by atoms with Gasteiger partial charge < -0.3 is 14.8 Å². The van der Waals surface area contributed by atoms with Crippen LogP contribution in [0.1, 0.15) is 5.56 Å². The third-order valence-electron chi connectivity index (χ3n) is 5.41. The molecule has 0 radical (unpaired) electrons. The highest BCUT2D eigenvalue weighted by Crippen LogP contribution is 2.38. The van der Waals surface area contributed by atoms with E-state index in [0.717, 1.165) is 11.1 Å². The molecule has 0 atom stereocenters. The van der Waals surface area contributed by atoms with Crippen molar-refractivity contribution in [3.63, 3.8) is 0 Å². The number of ether oxygens (including phenoxy) is 2. The average molecular weight is 550 g/mol. The highest BCUT2D eigenvalue weighted by atomic mass is 35.5. The molecule has 0 saturated carbocycles. The molecule has 0 aliphatic carbocycles. The average Bonchev–Trinajstić information content (AvgIpc) is 2.93. The maximum Gasteiger partial charge on any atom is 0.234 e. The number of benzene rings is 3. The van der Waals surface area contributed by atoms with E-state index < -0.39 is 0 Å². The number of carbonyl (C=O) groups excluding carboxylic acids is 1. The van der Waals surface area contributed by atoms with Crippen molar-refractivity contribution in [1.29, 1.82) is 5.26 Å². The van der Waals surface area contributed by atoms with Gasteiger partial charge in [0, 0.05) is 16.8 Å². The number of rotatable bonds is 8. The highest BCUT2D eigenvalue weighted by molar-refractivity contribution is 8.00. The first-order valence-electron chi connectivity index (χ1n) is 11.0. The summed E-state index contributed by atoms with van der Waals surface area (Å²) in [7, 11) is 3.12. The number of amides is 1. The maximum atomic E-state index is 12.7. The first kappa shape index (κ1) is 26.4. The number of hydrogen-bond acceptors (Lipinski definition) is 6. The second-order valence-corrected chi connectivity index (χ2v) is 9.53. The Balaban J connectivity index is 1.71. The van der Waals surface area contributed by atoms with Gasteiger partial charge in [0.1, 0.15) is 11.1 Å². The summed E-state index contributed by atoms with van der Waals surface area (Å²) in [6.07, 6.45) is 0. The molecule has 1 aromatic heterocycles. The lowest BCUT2D eigenvalue weighted by molar-refractivity contribution is -0.113. The minimum absolute atomic E-state index is 0.0333. The van der Waals surface area contributed by atoms with Crippen LogP contribution in [0, 0.1) is 11.3 Å². The van der Waals surface area contributed by atoms with E-state index in [1.807, 2.05) is 48.5 Å². The van der Waals surface area contributed by atoms with Gasteiger partial charge in [0.25, 0.3) is 0 Å². The Labute approximate surface area is 229 Å². The van der Waals surface area contributed by atoms with Crippen LogP contribution in [0.15, 0.2) is 77.8 Å². The zero-order valence-corrected chi connectivity index (χ0v) is 22.2. The summed E-state index contributed by atoms with van der Waals surface area (Å²) < 4.78 is 10.8. The van der Waals surface area contributed by atoms with Crippen molar-refractivity contribution < 1.29 is 14.3 Å². The van der Waals surface area contributed by atoms with E-state index in [1.54, 1.807) is 38.5 Å². The summed E-state index contributed by atoms with van der Waals surface area (Å²) in [5, 5.41) is 14.1. The number of pyridine rings is 1. The lowest BCUT2D eigenvalue weighted by Gasteiger charge is -2.14. The van der Waals surface area contributed by atoms with Gasteiger partial charge in [-0.3, -0.25) is 4.79 Å². The Kier molecular flexibility index (Phi) is 8.57. The molecule has 0 aliphatic heterocycles. The van der Waals surface area contributed by atoms with Crippen LogP contribution in [0.2, 0.25) is 10.0 Å². The number of methoxy groups -OCH3 is 2. The third-order valence-corrected chi connectivity index (χ3v) is 7.12. The molecule has 0 unspecified atom stereocenters. The van der Waals surface area contributed by atoms with Crippen molar-refractivity contribution in [1.82, 2.24) is 4.98 Å². The molecule has 4 rings (SSSR count). The zero-order valence-electron chi connectivity index (χ0n) is 19.9. The Bertz CT molecular complexity index is 1490. The number of carbonyl (C=O) groups is 1. The van der Waals surface area contributed by atoms with Gasteiger partial charge >= 0.3 is 0 Å². The summed E-state index contributed by atoms with van der Waals surface area (Å²) in [6, 6.07) is 24.1. The minimum atomic E-state index is -0.271. The van der Waals surface area contributed by atoms with Crippen molar-refractivity contribution in [2.45, 2.75) is 5.03 Å². The monoisotopic (exact) mass is 549 g/mol. The van der Waals surface area contributed by atoms with Crippen molar-refractivity contribution in [2.24, 2.45) is 0 Å². The van der Waals surface area contributed by atoms with E-state index in [1.165, 1.54) is 11.8 Å². The van der Waals surface area contributed by atoms with Crippen LogP contribution in [0.4, 0.5) is 5.69 Å². The normalized spacial score (nSPS) is 10.5. The third kappa shape index (κ3) is 6.17. The second-order valence-electron chi connectivity index (χ2n) is 7.75. The van der Waals surface area contributed by atoms with Crippen molar-refractivity contribution in [3.8, 4) is 40.0 Å². The predicted octanol–water partition coefficient (Wildman–Crippen LogP) is 7.34. The Morgan fingerprint density at radius 1 is 0.946 bits per heavy atom. The van der Waals surface area contributed by atoms with Gasteiger partial charge in [0.2, 0.25) is 5.91 Å². The fourth-order valence-electron chi connectivity index (χ4n) is 3.63. The maximum absolute atomic E-state index is 12.7. The molecule has 1 heterocycles. The van der Waals surface area contributed by atoms with Crippen LogP contribution in [0.3, 0.4) is 0 Å². The van der Waals surface area contributed by atoms with Gasteiger partial charge in [-0.05, 0) is 42.0 Å². The van der Waals surface area contributed by atoms with Crippen LogP contribution in [0.5, 0.6) is 11.5 Å². The van der Waals surface area contributed by atoms with Crippen LogP contribution >= 0.6 is 35.0 Å². The molecule has 4 aromatic rings. The quantitative estimate of drug-likeness (QED) is 0.231.